The van der Waals surface area contributed by atoms with Crippen LogP contribution in [0.2, 0.25) is 5.02 Å². The predicted molar refractivity (Wildman–Crippen MR) is 69.7 cm³/mol. The summed E-state index contributed by atoms with van der Waals surface area (Å²) in [6.45, 7) is 0.437. The van der Waals surface area contributed by atoms with Crippen molar-refractivity contribution in [1.29, 1.82) is 0 Å². The topological polar surface area (TPSA) is 77.0 Å². The van der Waals surface area contributed by atoms with Crippen LogP contribution < -0.4 is 16.8 Å². The van der Waals surface area contributed by atoms with Gasteiger partial charge >= 0.3 is 0 Å². The smallest absolute Gasteiger partial charge is 0.169 e. The van der Waals surface area contributed by atoms with E-state index >= 15 is 0 Å². The van der Waals surface area contributed by atoms with E-state index in [1.807, 2.05) is 0 Å². The van der Waals surface area contributed by atoms with E-state index < -0.39 is 5.82 Å². The number of hydrogen-bond acceptors (Lipinski definition) is 5. The second-order valence-corrected chi connectivity index (χ2v) is 4.73. The van der Waals surface area contributed by atoms with Crippen LogP contribution in [0.1, 0.15) is 4.88 Å². The van der Waals surface area contributed by atoms with Crippen molar-refractivity contribution in [2.75, 3.05) is 16.8 Å². The third kappa shape index (κ3) is 2.42. The number of thiazole rings is 1. The lowest BCUT2D eigenvalue weighted by molar-refractivity contribution is 0.632. The fraction of sp³-hybridized carbons (Fsp3) is 0.100. The number of nitrogens with one attached hydrogen (secondary N) is 1. The molecule has 4 nitrogen and oxygen atoms in total. The first-order chi connectivity index (χ1) is 8.09. The minimum absolute atomic E-state index is 0.119. The Hall–Kier alpha value is -1.53. The highest BCUT2D eigenvalue weighted by atomic mass is 35.5. The summed E-state index contributed by atoms with van der Waals surface area (Å²) in [6, 6.07) is 1.43. The molecular formula is C10H10ClFN4S. The van der Waals surface area contributed by atoms with Gasteiger partial charge in [-0.15, -0.1) is 11.3 Å². The van der Waals surface area contributed by atoms with Gasteiger partial charge in [-0.05, 0) is 6.07 Å². The van der Waals surface area contributed by atoms with E-state index in [1.165, 1.54) is 17.4 Å². The third-order valence-electron chi connectivity index (χ3n) is 2.19. The predicted octanol–water partition coefficient (Wildman–Crippen LogP) is 2.71. The van der Waals surface area contributed by atoms with E-state index in [0.29, 0.717) is 6.54 Å². The van der Waals surface area contributed by atoms with Crippen molar-refractivity contribution in [3.8, 4) is 0 Å². The van der Waals surface area contributed by atoms with Gasteiger partial charge in [0, 0.05) is 11.1 Å². The average molecular weight is 273 g/mol. The van der Waals surface area contributed by atoms with Gasteiger partial charge in [-0.2, -0.15) is 0 Å². The minimum atomic E-state index is -0.631. The highest BCUT2D eigenvalue weighted by Gasteiger charge is 2.14. The summed E-state index contributed by atoms with van der Waals surface area (Å²) in [5.41, 5.74) is 13.4. The molecule has 0 amide bonds. The number of aromatic nitrogens is 1. The standard InChI is InChI=1S/C10H10ClFN4S/c11-8-6(13)1-7(14)10(9(8)12)16-3-5-2-15-4-17-5/h1-2,4,16H,3,13-14H2. The molecule has 0 bridgehead atoms. The van der Waals surface area contributed by atoms with Crippen LogP contribution in [0.15, 0.2) is 17.8 Å². The van der Waals surface area contributed by atoms with Crippen LogP contribution in [0.5, 0.6) is 0 Å². The van der Waals surface area contributed by atoms with Gasteiger partial charge in [-0.1, -0.05) is 11.6 Å². The van der Waals surface area contributed by atoms with E-state index in [9.17, 15) is 4.39 Å². The van der Waals surface area contributed by atoms with Crippen molar-refractivity contribution in [1.82, 2.24) is 4.98 Å². The van der Waals surface area contributed by atoms with Gasteiger partial charge in [0.05, 0.1) is 29.1 Å². The Morgan fingerprint density at radius 1 is 1.41 bits per heavy atom. The zero-order valence-corrected chi connectivity index (χ0v) is 10.3. The molecule has 0 fully saturated rings. The number of nitrogens with two attached hydrogens (primary N) is 2. The molecule has 90 valence electrons. The quantitative estimate of drug-likeness (QED) is 0.751. The highest BCUT2D eigenvalue weighted by molar-refractivity contribution is 7.09. The van der Waals surface area contributed by atoms with Gasteiger partial charge in [0.15, 0.2) is 5.82 Å². The fourth-order valence-electron chi connectivity index (χ4n) is 1.35. The molecule has 0 saturated heterocycles. The fourth-order valence-corrected chi connectivity index (χ4v) is 2.03. The van der Waals surface area contributed by atoms with Gasteiger partial charge in [0.1, 0.15) is 5.02 Å². The summed E-state index contributed by atoms with van der Waals surface area (Å²) < 4.78 is 13.8. The number of nitrogens with zero attached hydrogens (tertiary/aromatic N) is 1. The molecule has 17 heavy (non-hydrogen) atoms. The van der Waals surface area contributed by atoms with E-state index in [4.69, 9.17) is 23.1 Å². The molecule has 1 aromatic heterocycles. The normalized spacial score (nSPS) is 10.5. The second kappa shape index (κ2) is 4.77. The Bertz CT molecular complexity index is 530. The summed E-state index contributed by atoms with van der Waals surface area (Å²) in [6.07, 6.45) is 1.70. The van der Waals surface area contributed by atoms with Crippen LogP contribution in [0.25, 0.3) is 0 Å². The summed E-state index contributed by atoms with van der Waals surface area (Å²) in [4.78, 5) is 4.89. The first-order valence-electron chi connectivity index (χ1n) is 4.73. The van der Waals surface area contributed by atoms with E-state index in [1.54, 1.807) is 11.7 Å². The molecular weight excluding hydrogens is 263 g/mol. The van der Waals surface area contributed by atoms with Gasteiger partial charge in [-0.3, -0.25) is 4.98 Å². The Morgan fingerprint density at radius 3 is 2.82 bits per heavy atom. The van der Waals surface area contributed by atoms with E-state index in [-0.39, 0.29) is 22.1 Å². The van der Waals surface area contributed by atoms with Crippen LogP contribution in [0, 0.1) is 5.82 Å². The Balaban J connectivity index is 2.24. The summed E-state index contributed by atoms with van der Waals surface area (Å²) in [5, 5.41) is 2.76. The molecule has 0 aliphatic rings. The maximum Gasteiger partial charge on any atom is 0.169 e. The van der Waals surface area contributed by atoms with Gasteiger partial charge < -0.3 is 16.8 Å². The van der Waals surface area contributed by atoms with Crippen molar-refractivity contribution >= 4 is 40.0 Å². The number of anilines is 3. The molecule has 1 aromatic carbocycles. The molecule has 0 saturated carbocycles. The molecule has 0 aliphatic carbocycles. The maximum atomic E-state index is 13.8. The van der Waals surface area contributed by atoms with Gasteiger partial charge in [0.25, 0.3) is 0 Å². The Labute approximate surface area is 106 Å². The first-order valence-corrected chi connectivity index (χ1v) is 5.99. The van der Waals surface area contributed by atoms with Crippen molar-refractivity contribution < 1.29 is 4.39 Å². The van der Waals surface area contributed by atoms with Crippen LogP contribution in [0.3, 0.4) is 0 Å². The number of benzene rings is 1. The number of nitrogen functional groups attached to an aromatic ring is 2. The van der Waals surface area contributed by atoms with E-state index in [2.05, 4.69) is 10.3 Å². The SMILES string of the molecule is Nc1cc(N)c(NCc2cncs2)c(F)c1Cl. The van der Waals surface area contributed by atoms with Crippen LogP contribution in [-0.2, 0) is 6.54 Å². The van der Waals surface area contributed by atoms with Crippen LogP contribution >= 0.6 is 22.9 Å². The Morgan fingerprint density at radius 2 is 2.18 bits per heavy atom. The van der Waals surface area contributed by atoms with Crippen molar-refractivity contribution in [3.63, 3.8) is 0 Å². The number of rotatable bonds is 3. The zero-order chi connectivity index (χ0) is 12.4. The van der Waals surface area contributed by atoms with Gasteiger partial charge in [0.2, 0.25) is 0 Å². The maximum absolute atomic E-state index is 13.8. The molecule has 0 aliphatic heterocycles. The molecule has 0 atom stereocenters. The first kappa shape index (κ1) is 11.9. The molecule has 1 heterocycles. The van der Waals surface area contributed by atoms with Crippen LogP contribution in [-0.4, -0.2) is 4.98 Å². The monoisotopic (exact) mass is 272 g/mol. The van der Waals surface area contributed by atoms with Gasteiger partial charge in [-0.25, -0.2) is 4.39 Å². The summed E-state index contributed by atoms with van der Waals surface area (Å²) in [7, 11) is 0. The minimum Gasteiger partial charge on any atom is -0.397 e. The second-order valence-electron chi connectivity index (χ2n) is 3.38. The van der Waals surface area contributed by atoms with Crippen molar-refractivity contribution in [2.45, 2.75) is 6.54 Å². The third-order valence-corrected chi connectivity index (χ3v) is 3.35. The number of halogens is 2. The summed E-state index contributed by atoms with van der Waals surface area (Å²) in [5.74, 6) is -0.631. The lowest BCUT2D eigenvalue weighted by Gasteiger charge is -2.12. The largest absolute Gasteiger partial charge is 0.397 e. The molecule has 0 radical (unpaired) electrons. The average Bonchev–Trinajstić information content (AvgIpc) is 2.79. The molecule has 2 rings (SSSR count). The zero-order valence-electron chi connectivity index (χ0n) is 8.71. The molecule has 0 spiro atoms. The highest BCUT2D eigenvalue weighted by Crippen LogP contribution is 2.33. The molecule has 2 aromatic rings. The van der Waals surface area contributed by atoms with Crippen molar-refractivity contribution in [3.05, 3.63) is 33.5 Å². The Kier molecular flexibility index (Phi) is 3.35. The lowest BCUT2D eigenvalue weighted by atomic mass is 10.2. The molecule has 0 unspecified atom stereocenters. The van der Waals surface area contributed by atoms with Crippen LogP contribution in [0.4, 0.5) is 21.5 Å². The number of hydrogen-bond donors (Lipinski definition) is 3. The van der Waals surface area contributed by atoms with E-state index in [0.717, 1.165) is 4.88 Å². The van der Waals surface area contributed by atoms with Crippen molar-refractivity contribution in [2.24, 2.45) is 0 Å². The summed E-state index contributed by atoms with van der Waals surface area (Å²) >= 11 is 7.18. The molecule has 5 N–H and O–H groups in total. The lowest BCUT2D eigenvalue weighted by Crippen LogP contribution is -2.05. The molecule has 7 heteroatoms.